The van der Waals surface area contributed by atoms with E-state index in [0.29, 0.717) is 25.4 Å². The van der Waals surface area contributed by atoms with E-state index in [1.54, 1.807) is 6.92 Å². The number of ether oxygens (including phenoxy) is 1. The molecule has 0 aromatic heterocycles. The molecule has 3 atom stereocenters. The third kappa shape index (κ3) is 11.0. The second kappa shape index (κ2) is 13.9. The molecule has 0 heterocycles. The van der Waals surface area contributed by atoms with Crippen LogP contribution in [0.3, 0.4) is 0 Å². The Morgan fingerprint density at radius 1 is 1.16 bits per heavy atom. The number of esters is 1. The Kier molecular flexibility index (Phi) is 12.8. The zero-order valence-electron chi connectivity index (χ0n) is 22.2. The highest BCUT2D eigenvalue weighted by molar-refractivity contribution is 6.74. The Labute approximate surface area is 199 Å². The molecule has 0 amide bonds. The average Bonchev–Trinajstić information content (AvgIpc) is 2.67. The van der Waals surface area contributed by atoms with Gasteiger partial charge in [0, 0.05) is 0 Å². The molecular weight excluding hydrogens is 416 g/mol. The lowest BCUT2D eigenvalue weighted by molar-refractivity contribution is -0.150. The van der Waals surface area contributed by atoms with Crippen molar-refractivity contribution >= 4 is 14.3 Å². The summed E-state index contributed by atoms with van der Waals surface area (Å²) in [6.45, 7) is 16.0. The molecule has 1 saturated carbocycles. The van der Waals surface area contributed by atoms with Crippen molar-refractivity contribution < 1.29 is 19.1 Å². The van der Waals surface area contributed by atoms with E-state index in [9.17, 15) is 9.90 Å². The van der Waals surface area contributed by atoms with Crippen molar-refractivity contribution in [3.05, 3.63) is 12.2 Å². The summed E-state index contributed by atoms with van der Waals surface area (Å²) in [6.07, 6.45) is 16.9. The van der Waals surface area contributed by atoms with E-state index >= 15 is 0 Å². The van der Waals surface area contributed by atoms with Gasteiger partial charge in [-0.3, -0.25) is 4.79 Å². The minimum atomic E-state index is -1.86. The maximum absolute atomic E-state index is 11.9. The predicted molar refractivity (Wildman–Crippen MR) is 137 cm³/mol. The summed E-state index contributed by atoms with van der Waals surface area (Å²) >= 11 is 0. The van der Waals surface area contributed by atoms with Crippen LogP contribution in [0.4, 0.5) is 0 Å². The molecule has 0 aromatic rings. The first-order chi connectivity index (χ1) is 14.9. The lowest BCUT2D eigenvalue weighted by Crippen LogP contribution is -2.43. The molecule has 32 heavy (non-hydrogen) atoms. The summed E-state index contributed by atoms with van der Waals surface area (Å²) in [6, 6.07) is 0. The number of hydrogen-bond acceptors (Lipinski definition) is 4. The van der Waals surface area contributed by atoms with Gasteiger partial charge >= 0.3 is 5.97 Å². The Morgan fingerprint density at radius 2 is 1.81 bits per heavy atom. The molecule has 1 aliphatic rings. The first-order valence-corrected chi connectivity index (χ1v) is 16.1. The van der Waals surface area contributed by atoms with Crippen molar-refractivity contribution in [2.45, 2.75) is 142 Å². The summed E-state index contributed by atoms with van der Waals surface area (Å²) in [5.74, 6) is 0.0000793. The summed E-state index contributed by atoms with van der Waals surface area (Å²) in [4.78, 5) is 11.9. The van der Waals surface area contributed by atoms with Crippen LogP contribution in [0.1, 0.15) is 112 Å². The van der Waals surface area contributed by atoms with Gasteiger partial charge in [-0.05, 0) is 63.1 Å². The normalized spacial score (nSPS) is 23.4. The van der Waals surface area contributed by atoms with E-state index in [1.807, 2.05) is 0 Å². The summed E-state index contributed by atoms with van der Waals surface area (Å²) in [5, 5.41) is 11.2. The van der Waals surface area contributed by atoms with Crippen molar-refractivity contribution in [2.24, 2.45) is 5.92 Å². The molecule has 0 bridgehead atoms. The second-order valence-corrected chi connectivity index (χ2v) is 16.2. The molecule has 1 N–H and O–H groups in total. The van der Waals surface area contributed by atoms with Gasteiger partial charge in [-0.2, -0.15) is 0 Å². The molecule has 4 nitrogen and oxygen atoms in total. The molecule has 1 aliphatic carbocycles. The Hall–Kier alpha value is -0.653. The SMILES string of the molecule is CCCCCCCCC(C=C[C@H]1CCC[C@](O)(CC(=O)OCC)C1)O[Si](C)(C)C(C)(C)C. The van der Waals surface area contributed by atoms with E-state index in [2.05, 4.69) is 52.9 Å². The maximum atomic E-state index is 11.9. The third-order valence-corrected chi connectivity index (χ3v) is 11.8. The van der Waals surface area contributed by atoms with Gasteiger partial charge in [0.15, 0.2) is 8.32 Å². The Bertz CT molecular complexity index is 566. The van der Waals surface area contributed by atoms with Crippen molar-refractivity contribution in [3.8, 4) is 0 Å². The number of rotatable bonds is 14. The largest absolute Gasteiger partial charge is 0.466 e. The number of carbonyl (C=O) groups excluding carboxylic acids is 1. The van der Waals surface area contributed by atoms with Crippen LogP contribution in [0, 0.1) is 5.92 Å². The minimum Gasteiger partial charge on any atom is -0.466 e. The second-order valence-electron chi connectivity index (χ2n) is 11.4. The summed E-state index contributed by atoms with van der Waals surface area (Å²) < 4.78 is 11.9. The molecule has 1 unspecified atom stereocenters. The minimum absolute atomic E-state index is 0.104. The van der Waals surface area contributed by atoms with Crippen LogP contribution in [-0.2, 0) is 14.0 Å². The molecule has 0 spiro atoms. The Morgan fingerprint density at radius 3 is 2.44 bits per heavy atom. The maximum Gasteiger partial charge on any atom is 0.308 e. The van der Waals surface area contributed by atoms with E-state index < -0.39 is 13.9 Å². The number of allylic oxidation sites excluding steroid dienone is 1. The van der Waals surface area contributed by atoms with Crippen LogP contribution < -0.4 is 0 Å². The topological polar surface area (TPSA) is 55.8 Å². The average molecular weight is 469 g/mol. The van der Waals surface area contributed by atoms with Crippen molar-refractivity contribution in [1.29, 1.82) is 0 Å². The molecule has 188 valence electrons. The van der Waals surface area contributed by atoms with E-state index in [4.69, 9.17) is 9.16 Å². The fourth-order valence-electron chi connectivity index (χ4n) is 4.35. The Balaban J connectivity index is 2.75. The molecule has 1 rings (SSSR count). The van der Waals surface area contributed by atoms with Gasteiger partial charge in [0.05, 0.1) is 24.7 Å². The van der Waals surface area contributed by atoms with Gasteiger partial charge < -0.3 is 14.3 Å². The predicted octanol–water partition coefficient (Wildman–Crippen LogP) is 7.56. The molecule has 0 saturated heterocycles. The highest BCUT2D eigenvalue weighted by Crippen LogP contribution is 2.39. The van der Waals surface area contributed by atoms with Crippen LogP contribution in [0.15, 0.2) is 12.2 Å². The first kappa shape index (κ1) is 29.4. The molecule has 1 fully saturated rings. The van der Waals surface area contributed by atoms with Gasteiger partial charge in [0.1, 0.15) is 0 Å². The first-order valence-electron chi connectivity index (χ1n) is 13.2. The van der Waals surface area contributed by atoms with Crippen LogP contribution >= 0.6 is 0 Å². The zero-order valence-corrected chi connectivity index (χ0v) is 23.2. The third-order valence-electron chi connectivity index (χ3n) is 7.33. The summed E-state index contributed by atoms with van der Waals surface area (Å²) in [7, 11) is -1.86. The lowest BCUT2D eigenvalue weighted by Gasteiger charge is -2.39. The van der Waals surface area contributed by atoms with E-state index in [-0.39, 0.29) is 23.5 Å². The summed E-state index contributed by atoms with van der Waals surface area (Å²) in [5.41, 5.74) is -0.936. The molecular formula is C27H52O4Si. The van der Waals surface area contributed by atoms with Crippen molar-refractivity contribution in [1.82, 2.24) is 0 Å². The standard InChI is InChI=1S/C27H52O4Si/c1-8-10-11-12-13-14-17-24(31-32(6,7)26(3,4)5)19-18-23-16-15-20-27(29,21-23)22-25(28)30-9-2/h18-19,23-24,29H,8-17,20-22H2,1-7H3/t23-,24?,27-/m1/s1. The van der Waals surface area contributed by atoms with Crippen LogP contribution in [-0.4, -0.2) is 37.7 Å². The van der Waals surface area contributed by atoms with Crippen molar-refractivity contribution in [2.75, 3.05) is 6.61 Å². The molecule has 0 radical (unpaired) electrons. The smallest absolute Gasteiger partial charge is 0.308 e. The fraction of sp³-hybridized carbons (Fsp3) is 0.889. The fourth-order valence-corrected chi connectivity index (χ4v) is 5.65. The quantitative estimate of drug-likeness (QED) is 0.124. The number of aliphatic hydroxyl groups is 1. The lowest BCUT2D eigenvalue weighted by atomic mass is 9.76. The van der Waals surface area contributed by atoms with Crippen LogP contribution in [0.5, 0.6) is 0 Å². The van der Waals surface area contributed by atoms with E-state index in [0.717, 1.165) is 19.3 Å². The number of hydrogen-bond donors (Lipinski definition) is 1. The molecule has 0 aliphatic heterocycles. The highest BCUT2D eigenvalue weighted by atomic mass is 28.4. The molecule has 0 aromatic carbocycles. The van der Waals surface area contributed by atoms with E-state index in [1.165, 1.54) is 38.5 Å². The van der Waals surface area contributed by atoms with Crippen LogP contribution in [0.25, 0.3) is 0 Å². The highest BCUT2D eigenvalue weighted by Gasteiger charge is 2.39. The van der Waals surface area contributed by atoms with Crippen molar-refractivity contribution in [3.63, 3.8) is 0 Å². The van der Waals surface area contributed by atoms with Gasteiger partial charge in [0.2, 0.25) is 0 Å². The zero-order chi connectivity index (χ0) is 24.3. The van der Waals surface area contributed by atoms with Gasteiger partial charge in [-0.15, -0.1) is 0 Å². The number of unbranched alkanes of at least 4 members (excludes halogenated alkanes) is 5. The van der Waals surface area contributed by atoms with Gasteiger partial charge in [-0.1, -0.05) is 78.4 Å². The van der Waals surface area contributed by atoms with Gasteiger partial charge in [-0.25, -0.2) is 0 Å². The number of carbonyl (C=O) groups is 1. The van der Waals surface area contributed by atoms with Crippen LogP contribution in [0.2, 0.25) is 18.1 Å². The monoisotopic (exact) mass is 468 g/mol. The van der Waals surface area contributed by atoms with Gasteiger partial charge in [0.25, 0.3) is 0 Å². The molecule has 5 heteroatoms.